The predicted molar refractivity (Wildman–Crippen MR) is 65.1 cm³/mol. The van der Waals surface area contributed by atoms with Gasteiger partial charge in [0, 0.05) is 6.54 Å². The van der Waals surface area contributed by atoms with Crippen molar-refractivity contribution in [2.45, 2.75) is 39.3 Å². The molecule has 0 fully saturated rings. The maximum Gasteiger partial charge on any atom is 0.390 e. The topological polar surface area (TPSA) is 15.3 Å². The number of unbranched alkanes of at least 4 members (excludes halogenated alkanes) is 1. The minimum Gasteiger partial charge on any atom is -0.316 e. The van der Waals surface area contributed by atoms with Crippen LogP contribution < -0.4 is 5.32 Å². The highest BCUT2D eigenvalue weighted by atomic mass is 19.4. The lowest BCUT2D eigenvalue weighted by Gasteiger charge is -2.17. The molecule has 17 heavy (non-hydrogen) atoms. The Bertz CT molecular complexity index is 181. The molecule has 0 aromatic rings. The van der Waals surface area contributed by atoms with Crippen molar-refractivity contribution in [3.8, 4) is 0 Å². The van der Waals surface area contributed by atoms with Crippen LogP contribution in [0.3, 0.4) is 0 Å². The molecule has 0 aromatic heterocycles. The Kier molecular flexibility index (Phi) is 8.60. The van der Waals surface area contributed by atoms with Gasteiger partial charge in [-0.3, -0.25) is 0 Å². The molecule has 0 radical (unpaired) electrons. The first-order valence-electron chi connectivity index (χ1n) is 6.27. The van der Waals surface area contributed by atoms with Crippen molar-refractivity contribution in [3.63, 3.8) is 0 Å². The van der Waals surface area contributed by atoms with E-state index in [1.54, 1.807) is 11.9 Å². The molecule has 5 heteroatoms. The Labute approximate surface area is 103 Å². The van der Waals surface area contributed by atoms with Crippen molar-refractivity contribution in [1.29, 1.82) is 0 Å². The molecule has 0 aliphatic carbocycles. The molecule has 0 aromatic carbocycles. The van der Waals surface area contributed by atoms with Gasteiger partial charge in [0.05, 0.1) is 6.42 Å². The van der Waals surface area contributed by atoms with Crippen LogP contribution in [0.2, 0.25) is 0 Å². The van der Waals surface area contributed by atoms with E-state index in [4.69, 9.17) is 0 Å². The normalized spacial score (nSPS) is 12.7. The number of nitrogens with zero attached hydrogens (tertiary/aromatic N) is 1. The van der Waals surface area contributed by atoms with Crippen LogP contribution in [0.1, 0.15) is 33.1 Å². The van der Waals surface area contributed by atoms with Gasteiger partial charge in [-0.15, -0.1) is 0 Å². The van der Waals surface area contributed by atoms with Crippen LogP contribution in [0.15, 0.2) is 0 Å². The monoisotopic (exact) mass is 254 g/mol. The number of rotatable bonds is 9. The van der Waals surface area contributed by atoms with E-state index in [1.807, 2.05) is 0 Å². The lowest BCUT2D eigenvalue weighted by molar-refractivity contribution is -0.137. The standard InChI is InChI=1S/C12H25F3N2/c1-11(2)10-16-7-4-5-8-17(3)9-6-12(13,14)15/h11,16H,4-10H2,1-3H3. The Morgan fingerprint density at radius 3 is 2.29 bits per heavy atom. The second-order valence-corrected chi connectivity index (χ2v) is 4.97. The highest BCUT2D eigenvalue weighted by Gasteiger charge is 2.26. The minimum absolute atomic E-state index is 0.100. The summed E-state index contributed by atoms with van der Waals surface area (Å²) in [4.78, 5) is 1.75. The van der Waals surface area contributed by atoms with Crippen LogP contribution in [0, 0.1) is 5.92 Å². The van der Waals surface area contributed by atoms with Crippen molar-refractivity contribution in [2.24, 2.45) is 5.92 Å². The molecule has 2 nitrogen and oxygen atoms in total. The summed E-state index contributed by atoms with van der Waals surface area (Å²) < 4.78 is 35.8. The van der Waals surface area contributed by atoms with Crippen molar-refractivity contribution < 1.29 is 13.2 Å². The first kappa shape index (κ1) is 16.7. The summed E-state index contributed by atoms with van der Waals surface area (Å²) in [6.45, 7) is 7.09. The van der Waals surface area contributed by atoms with Gasteiger partial charge < -0.3 is 10.2 Å². The number of hydrogen-bond donors (Lipinski definition) is 1. The first-order valence-corrected chi connectivity index (χ1v) is 6.27. The second-order valence-electron chi connectivity index (χ2n) is 4.97. The molecule has 0 spiro atoms. The molecule has 0 heterocycles. The third-order valence-electron chi connectivity index (χ3n) is 2.47. The molecule has 0 saturated heterocycles. The van der Waals surface area contributed by atoms with Crippen LogP contribution in [0.25, 0.3) is 0 Å². The van der Waals surface area contributed by atoms with Crippen molar-refractivity contribution in [1.82, 2.24) is 10.2 Å². The van der Waals surface area contributed by atoms with Gasteiger partial charge in [0.2, 0.25) is 0 Å². The summed E-state index contributed by atoms with van der Waals surface area (Å²) in [5.41, 5.74) is 0. The SMILES string of the molecule is CC(C)CNCCCCN(C)CCC(F)(F)F. The molecular formula is C12H25F3N2. The van der Waals surface area contributed by atoms with Gasteiger partial charge in [-0.25, -0.2) is 0 Å². The summed E-state index contributed by atoms with van der Waals surface area (Å²) in [5.74, 6) is 0.643. The van der Waals surface area contributed by atoms with Crippen LogP contribution in [-0.4, -0.2) is 44.3 Å². The highest BCUT2D eigenvalue weighted by Crippen LogP contribution is 2.19. The Hall–Kier alpha value is -0.290. The molecule has 0 rings (SSSR count). The molecule has 104 valence electrons. The zero-order chi connectivity index (χ0) is 13.3. The van der Waals surface area contributed by atoms with E-state index >= 15 is 0 Å². The van der Waals surface area contributed by atoms with Gasteiger partial charge in [-0.05, 0) is 45.4 Å². The van der Waals surface area contributed by atoms with E-state index in [9.17, 15) is 13.2 Å². The molecule has 0 aliphatic heterocycles. The summed E-state index contributed by atoms with van der Waals surface area (Å²) in [6, 6.07) is 0. The fourth-order valence-electron chi connectivity index (χ4n) is 1.45. The second kappa shape index (κ2) is 8.75. The largest absolute Gasteiger partial charge is 0.390 e. The lowest BCUT2D eigenvalue weighted by Crippen LogP contribution is -2.26. The van der Waals surface area contributed by atoms with Gasteiger partial charge in [0.1, 0.15) is 0 Å². The highest BCUT2D eigenvalue weighted by molar-refractivity contribution is 4.58. The average molecular weight is 254 g/mol. The zero-order valence-corrected chi connectivity index (χ0v) is 11.1. The molecule has 0 unspecified atom stereocenters. The van der Waals surface area contributed by atoms with E-state index in [2.05, 4.69) is 19.2 Å². The lowest BCUT2D eigenvalue weighted by atomic mass is 10.2. The average Bonchev–Trinajstić information content (AvgIpc) is 2.19. The zero-order valence-electron chi connectivity index (χ0n) is 11.1. The maximum absolute atomic E-state index is 11.9. The van der Waals surface area contributed by atoms with Gasteiger partial charge in [-0.2, -0.15) is 13.2 Å². The predicted octanol–water partition coefficient (Wildman–Crippen LogP) is 2.90. The maximum atomic E-state index is 11.9. The quantitative estimate of drug-likeness (QED) is 0.636. The van der Waals surface area contributed by atoms with E-state index < -0.39 is 12.6 Å². The van der Waals surface area contributed by atoms with E-state index in [0.29, 0.717) is 5.92 Å². The van der Waals surface area contributed by atoms with Gasteiger partial charge in [0.15, 0.2) is 0 Å². The van der Waals surface area contributed by atoms with Gasteiger partial charge in [0.25, 0.3) is 0 Å². The van der Waals surface area contributed by atoms with Gasteiger partial charge >= 0.3 is 6.18 Å². The number of halogens is 3. The summed E-state index contributed by atoms with van der Waals surface area (Å²) in [7, 11) is 1.74. The minimum atomic E-state index is -4.03. The van der Waals surface area contributed by atoms with Crippen molar-refractivity contribution in [3.05, 3.63) is 0 Å². The number of hydrogen-bond acceptors (Lipinski definition) is 2. The number of alkyl halides is 3. The first-order chi connectivity index (χ1) is 7.81. The van der Waals surface area contributed by atoms with Crippen molar-refractivity contribution >= 4 is 0 Å². The van der Waals surface area contributed by atoms with E-state index in [1.165, 1.54) is 0 Å². The van der Waals surface area contributed by atoms with E-state index in [-0.39, 0.29) is 6.54 Å². The van der Waals surface area contributed by atoms with Crippen LogP contribution >= 0.6 is 0 Å². The number of nitrogens with one attached hydrogen (secondary N) is 1. The van der Waals surface area contributed by atoms with Crippen molar-refractivity contribution in [2.75, 3.05) is 33.2 Å². The summed E-state index contributed by atoms with van der Waals surface area (Å²) >= 11 is 0. The Morgan fingerprint density at radius 2 is 1.76 bits per heavy atom. The third-order valence-corrected chi connectivity index (χ3v) is 2.47. The summed E-state index contributed by atoms with van der Waals surface area (Å²) in [5, 5.41) is 3.32. The summed E-state index contributed by atoms with van der Waals surface area (Å²) in [6.07, 6.45) is -2.79. The third kappa shape index (κ3) is 13.6. The van der Waals surface area contributed by atoms with E-state index in [0.717, 1.165) is 32.5 Å². The molecule has 1 N–H and O–H groups in total. The van der Waals surface area contributed by atoms with Crippen LogP contribution in [0.5, 0.6) is 0 Å². The molecular weight excluding hydrogens is 229 g/mol. The fraction of sp³-hybridized carbons (Fsp3) is 1.00. The molecule has 0 amide bonds. The van der Waals surface area contributed by atoms with Gasteiger partial charge in [-0.1, -0.05) is 13.8 Å². The van der Waals surface area contributed by atoms with Crippen LogP contribution in [-0.2, 0) is 0 Å². The fourth-order valence-corrected chi connectivity index (χ4v) is 1.45. The molecule has 0 bridgehead atoms. The molecule has 0 saturated carbocycles. The molecule has 0 aliphatic rings. The molecule has 0 atom stereocenters. The van der Waals surface area contributed by atoms with Crippen LogP contribution in [0.4, 0.5) is 13.2 Å². The Morgan fingerprint density at radius 1 is 1.12 bits per heavy atom. The smallest absolute Gasteiger partial charge is 0.316 e. The Balaban J connectivity index is 3.31.